The lowest BCUT2D eigenvalue weighted by atomic mass is 10.3. The van der Waals surface area contributed by atoms with Gasteiger partial charge < -0.3 is 15.4 Å². The number of nitrogen functional groups attached to an aromatic ring is 1. The largest absolute Gasteiger partial charge is 0.494 e. The molecule has 0 aliphatic carbocycles. The molecule has 0 unspecified atom stereocenters. The van der Waals surface area contributed by atoms with Crippen molar-refractivity contribution in [2.24, 2.45) is 0 Å². The molecule has 2 N–H and O–H groups in total. The van der Waals surface area contributed by atoms with Crippen LogP contribution in [0.2, 0.25) is 0 Å². The van der Waals surface area contributed by atoms with Gasteiger partial charge in [0.2, 0.25) is 0 Å². The number of benzene rings is 1. The van der Waals surface area contributed by atoms with Crippen LogP contribution in [0.4, 0.5) is 11.6 Å². The molecule has 1 heterocycles. The number of nitrogens with zero attached hydrogens (tertiary/aromatic N) is 4. The average molecular weight is 285 g/mol. The molecule has 0 atom stereocenters. The summed E-state index contributed by atoms with van der Waals surface area (Å²) in [7, 11) is 3.68. The Hall–Kier alpha value is -2.68. The molecule has 0 amide bonds. The van der Waals surface area contributed by atoms with Gasteiger partial charge >= 0.3 is 0 Å². The highest BCUT2D eigenvalue weighted by molar-refractivity contribution is 5.64. The highest BCUT2D eigenvalue weighted by Crippen LogP contribution is 2.22. The van der Waals surface area contributed by atoms with E-state index in [1.165, 1.54) is 0 Å². The number of nitrogens with two attached hydrogens (primary N) is 1. The standard InChI is InChI=1S/C15H19N5O/c1-19(2)15-13(11-16)14(17)20(18-15)9-6-10-21-12-7-4-3-5-8-12/h3-5,7-8H,6,9-10,17H2,1-2H3. The van der Waals surface area contributed by atoms with Crippen molar-refractivity contribution in [2.75, 3.05) is 31.3 Å². The molecule has 0 saturated carbocycles. The molecular formula is C15H19N5O. The summed E-state index contributed by atoms with van der Waals surface area (Å²) < 4.78 is 7.28. The van der Waals surface area contributed by atoms with Crippen LogP contribution in [-0.2, 0) is 6.54 Å². The maximum absolute atomic E-state index is 9.15. The molecule has 0 bridgehead atoms. The minimum Gasteiger partial charge on any atom is -0.494 e. The van der Waals surface area contributed by atoms with E-state index in [9.17, 15) is 0 Å². The predicted octanol–water partition coefficient (Wildman–Crippen LogP) is 1.87. The molecule has 0 spiro atoms. The zero-order valence-electron chi connectivity index (χ0n) is 12.3. The number of ether oxygens (including phenoxy) is 1. The van der Waals surface area contributed by atoms with Gasteiger partial charge in [-0.25, -0.2) is 4.68 Å². The van der Waals surface area contributed by atoms with Crippen LogP contribution < -0.4 is 15.4 Å². The molecule has 1 aromatic heterocycles. The van der Waals surface area contributed by atoms with E-state index in [4.69, 9.17) is 15.7 Å². The van der Waals surface area contributed by atoms with Crippen molar-refractivity contribution in [1.82, 2.24) is 9.78 Å². The monoisotopic (exact) mass is 285 g/mol. The molecule has 0 fully saturated rings. The number of para-hydroxylation sites is 1. The minimum absolute atomic E-state index is 0.404. The number of aromatic nitrogens is 2. The third-order valence-corrected chi connectivity index (χ3v) is 3.03. The maximum atomic E-state index is 9.15. The van der Waals surface area contributed by atoms with Crippen molar-refractivity contribution < 1.29 is 4.74 Å². The van der Waals surface area contributed by atoms with Crippen molar-refractivity contribution in [1.29, 1.82) is 5.26 Å². The lowest BCUT2D eigenvalue weighted by Gasteiger charge is -2.08. The van der Waals surface area contributed by atoms with Gasteiger partial charge in [-0.2, -0.15) is 10.4 Å². The van der Waals surface area contributed by atoms with Crippen LogP contribution in [0.3, 0.4) is 0 Å². The molecule has 0 saturated heterocycles. The Morgan fingerprint density at radius 3 is 2.62 bits per heavy atom. The van der Waals surface area contributed by atoms with Crippen molar-refractivity contribution in [3.8, 4) is 11.8 Å². The van der Waals surface area contributed by atoms with Crippen LogP contribution in [0.15, 0.2) is 30.3 Å². The Labute approximate surface area is 124 Å². The molecular weight excluding hydrogens is 266 g/mol. The van der Waals surface area contributed by atoms with Gasteiger partial charge in [0.15, 0.2) is 5.82 Å². The molecule has 21 heavy (non-hydrogen) atoms. The molecule has 6 heteroatoms. The van der Waals surface area contributed by atoms with Gasteiger partial charge in [-0.3, -0.25) is 0 Å². The number of rotatable bonds is 6. The van der Waals surface area contributed by atoms with Crippen molar-refractivity contribution in [2.45, 2.75) is 13.0 Å². The van der Waals surface area contributed by atoms with Crippen LogP contribution >= 0.6 is 0 Å². The number of hydrogen-bond donors (Lipinski definition) is 1. The molecule has 6 nitrogen and oxygen atoms in total. The lowest BCUT2D eigenvalue weighted by molar-refractivity contribution is 0.299. The van der Waals surface area contributed by atoms with Gasteiger partial charge in [0.05, 0.1) is 6.61 Å². The fraction of sp³-hybridized carbons (Fsp3) is 0.333. The fourth-order valence-electron chi connectivity index (χ4n) is 1.97. The quantitative estimate of drug-likeness (QED) is 0.820. The van der Waals surface area contributed by atoms with Gasteiger partial charge in [0.1, 0.15) is 23.2 Å². The Bertz CT molecular complexity index is 628. The number of aryl methyl sites for hydroxylation is 1. The van der Waals surface area contributed by atoms with Crippen molar-refractivity contribution >= 4 is 11.6 Å². The zero-order chi connectivity index (χ0) is 15.2. The van der Waals surface area contributed by atoms with Crippen LogP contribution in [0, 0.1) is 11.3 Å². The fourth-order valence-corrected chi connectivity index (χ4v) is 1.97. The normalized spacial score (nSPS) is 10.1. The molecule has 2 rings (SSSR count). The van der Waals surface area contributed by atoms with E-state index in [1.807, 2.05) is 44.4 Å². The summed E-state index contributed by atoms with van der Waals surface area (Å²) in [5, 5.41) is 13.5. The van der Waals surface area contributed by atoms with E-state index >= 15 is 0 Å². The van der Waals surface area contributed by atoms with E-state index in [2.05, 4.69) is 11.2 Å². The Morgan fingerprint density at radius 2 is 2.05 bits per heavy atom. The van der Waals surface area contributed by atoms with Crippen LogP contribution in [0.1, 0.15) is 12.0 Å². The number of nitriles is 1. The zero-order valence-corrected chi connectivity index (χ0v) is 12.3. The summed E-state index contributed by atoms with van der Waals surface area (Å²) in [5.74, 6) is 1.84. The molecule has 0 aliphatic rings. The first-order valence-corrected chi connectivity index (χ1v) is 6.75. The molecule has 110 valence electrons. The topological polar surface area (TPSA) is 80.1 Å². The molecule has 2 aromatic rings. The van der Waals surface area contributed by atoms with E-state index in [0.29, 0.717) is 30.4 Å². The SMILES string of the molecule is CN(C)c1nn(CCCOc2ccccc2)c(N)c1C#N. The van der Waals surface area contributed by atoms with Crippen LogP contribution in [0.5, 0.6) is 5.75 Å². The molecule has 0 aliphatic heterocycles. The van der Waals surface area contributed by atoms with E-state index in [1.54, 1.807) is 9.58 Å². The molecule has 0 radical (unpaired) electrons. The highest BCUT2D eigenvalue weighted by Gasteiger charge is 2.16. The first-order chi connectivity index (χ1) is 10.1. The number of anilines is 2. The summed E-state index contributed by atoms with van der Waals surface area (Å²) in [6, 6.07) is 11.8. The third kappa shape index (κ3) is 3.45. The van der Waals surface area contributed by atoms with Gasteiger partial charge in [-0.05, 0) is 12.1 Å². The first-order valence-electron chi connectivity index (χ1n) is 6.75. The van der Waals surface area contributed by atoms with Gasteiger partial charge in [-0.15, -0.1) is 0 Å². The second-order valence-electron chi connectivity index (χ2n) is 4.83. The second kappa shape index (κ2) is 6.66. The van der Waals surface area contributed by atoms with E-state index in [-0.39, 0.29) is 0 Å². The first kappa shape index (κ1) is 14.7. The smallest absolute Gasteiger partial charge is 0.170 e. The summed E-state index contributed by atoms with van der Waals surface area (Å²) >= 11 is 0. The highest BCUT2D eigenvalue weighted by atomic mass is 16.5. The summed E-state index contributed by atoms with van der Waals surface area (Å²) in [4.78, 5) is 1.78. The Kier molecular flexibility index (Phi) is 4.67. The Balaban J connectivity index is 1.93. The average Bonchev–Trinajstić information content (AvgIpc) is 2.81. The number of hydrogen-bond acceptors (Lipinski definition) is 5. The summed E-state index contributed by atoms with van der Waals surface area (Å²) in [6.45, 7) is 1.18. The Morgan fingerprint density at radius 1 is 1.33 bits per heavy atom. The van der Waals surface area contributed by atoms with E-state index in [0.717, 1.165) is 12.2 Å². The van der Waals surface area contributed by atoms with E-state index < -0.39 is 0 Å². The van der Waals surface area contributed by atoms with Crippen LogP contribution in [-0.4, -0.2) is 30.5 Å². The molecule has 1 aromatic carbocycles. The van der Waals surface area contributed by atoms with Gasteiger partial charge in [0.25, 0.3) is 0 Å². The predicted molar refractivity (Wildman–Crippen MR) is 82.2 cm³/mol. The maximum Gasteiger partial charge on any atom is 0.170 e. The van der Waals surface area contributed by atoms with Crippen LogP contribution in [0.25, 0.3) is 0 Å². The minimum atomic E-state index is 0.404. The van der Waals surface area contributed by atoms with Crippen molar-refractivity contribution in [3.63, 3.8) is 0 Å². The third-order valence-electron chi connectivity index (χ3n) is 3.03. The lowest BCUT2D eigenvalue weighted by Crippen LogP contribution is -2.12. The van der Waals surface area contributed by atoms with Crippen molar-refractivity contribution in [3.05, 3.63) is 35.9 Å². The summed E-state index contributed by atoms with van der Waals surface area (Å²) in [6.07, 6.45) is 0.762. The summed E-state index contributed by atoms with van der Waals surface area (Å²) in [5.41, 5.74) is 6.38. The second-order valence-corrected chi connectivity index (χ2v) is 4.83. The van der Waals surface area contributed by atoms with Gasteiger partial charge in [0, 0.05) is 27.1 Å². The van der Waals surface area contributed by atoms with Gasteiger partial charge in [-0.1, -0.05) is 18.2 Å².